The summed E-state index contributed by atoms with van der Waals surface area (Å²) < 4.78 is 40.6. The van der Waals surface area contributed by atoms with Gasteiger partial charge in [0.25, 0.3) is 0 Å². The maximum Gasteiger partial charge on any atom is 0.408 e. The maximum absolute atomic E-state index is 12.6. The second-order valence-corrected chi connectivity index (χ2v) is 7.10. The standard InChI is InChI=1S/C19H20F3N9/c1-12(13-3-4-16-24-5-6-30(16)9-13)27-17-18(29(2)23)25-8-15(28-17)14-7-26-31(10-14)11-19(20,21)22/h3-10,12H,11,23H2,1-2H3,(H,27,28). The first-order valence-electron chi connectivity index (χ1n) is 9.34. The van der Waals surface area contributed by atoms with Gasteiger partial charge in [-0.3, -0.25) is 9.69 Å². The highest BCUT2D eigenvalue weighted by atomic mass is 19.4. The molecule has 0 aliphatic heterocycles. The van der Waals surface area contributed by atoms with Crippen LogP contribution >= 0.6 is 0 Å². The number of hydrogen-bond donors (Lipinski definition) is 2. The highest BCUT2D eigenvalue weighted by Crippen LogP contribution is 2.28. The fourth-order valence-electron chi connectivity index (χ4n) is 3.12. The van der Waals surface area contributed by atoms with Crippen molar-refractivity contribution in [3.63, 3.8) is 0 Å². The summed E-state index contributed by atoms with van der Waals surface area (Å²) >= 11 is 0. The van der Waals surface area contributed by atoms with Crippen LogP contribution in [0.1, 0.15) is 18.5 Å². The molecular weight excluding hydrogens is 411 g/mol. The SMILES string of the molecule is CC(Nc1nc(-c2cnn(CC(F)(F)F)c2)cnc1N(C)N)c1ccc2nccn2c1. The van der Waals surface area contributed by atoms with Crippen LogP contribution in [0.2, 0.25) is 0 Å². The molecule has 12 heteroatoms. The monoisotopic (exact) mass is 431 g/mol. The zero-order chi connectivity index (χ0) is 22.2. The Labute approximate surface area is 175 Å². The molecule has 0 aliphatic carbocycles. The van der Waals surface area contributed by atoms with E-state index in [2.05, 4.69) is 25.4 Å². The molecule has 3 N–H and O–H groups in total. The number of nitrogens with one attached hydrogen (secondary N) is 1. The van der Waals surface area contributed by atoms with Crippen LogP contribution in [0.25, 0.3) is 16.9 Å². The van der Waals surface area contributed by atoms with Crippen LogP contribution in [0.5, 0.6) is 0 Å². The van der Waals surface area contributed by atoms with Crippen molar-refractivity contribution in [1.29, 1.82) is 0 Å². The molecule has 4 rings (SSSR count). The van der Waals surface area contributed by atoms with Gasteiger partial charge in [0.15, 0.2) is 11.6 Å². The lowest BCUT2D eigenvalue weighted by atomic mass is 10.1. The third kappa shape index (κ3) is 4.58. The van der Waals surface area contributed by atoms with E-state index in [1.54, 1.807) is 13.2 Å². The molecule has 31 heavy (non-hydrogen) atoms. The molecule has 0 saturated carbocycles. The van der Waals surface area contributed by atoms with Gasteiger partial charge in [-0.25, -0.2) is 20.8 Å². The van der Waals surface area contributed by atoms with Gasteiger partial charge in [0, 0.05) is 37.4 Å². The third-order valence-corrected chi connectivity index (χ3v) is 4.62. The highest BCUT2D eigenvalue weighted by Gasteiger charge is 2.28. The van der Waals surface area contributed by atoms with Gasteiger partial charge in [-0.15, -0.1) is 0 Å². The van der Waals surface area contributed by atoms with Gasteiger partial charge in [-0.1, -0.05) is 6.07 Å². The number of anilines is 2. The highest BCUT2D eigenvalue weighted by molar-refractivity contribution is 5.66. The van der Waals surface area contributed by atoms with Crippen molar-refractivity contribution < 1.29 is 13.2 Å². The number of fused-ring (bicyclic) bond motifs is 1. The molecule has 1 unspecified atom stereocenters. The Hall–Kier alpha value is -3.67. The minimum atomic E-state index is -4.36. The van der Waals surface area contributed by atoms with Gasteiger partial charge >= 0.3 is 6.18 Å². The first-order chi connectivity index (χ1) is 14.7. The molecule has 0 fully saturated rings. The van der Waals surface area contributed by atoms with Crippen molar-refractivity contribution in [2.75, 3.05) is 17.4 Å². The molecule has 9 nitrogen and oxygen atoms in total. The molecule has 1 atom stereocenters. The summed E-state index contributed by atoms with van der Waals surface area (Å²) in [4.78, 5) is 13.1. The van der Waals surface area contributed by atoms with Gasteiger partial charge in [-0.2, -0.15) is 18.3 Å². The van der Waals surface area contributed by atoms with Crippen LogP contribution in [-0.4, -0.2) is 42.4 Å². The van der Waals surface area contributed by atoms with E-state index in [1.165, 1.54) is 23.6 Å². The Morgan fingerprint density at radius 1 is 1.19 bits per heavy atom. The normalized spacial score (nSPS) is 12.8. The summed E-state index contributed by atoms with van der Waals surface area (Å²) in [5.41, 5.74) is 2.59. The first kappa shape index (κ1) is 20.6. The molecule has 4 aromatic heterocycles. The van der Waals surface area contributed by atoms with E-state index >= 15 is 0 Å². The van der Waals surface area contributed by atoms with E-state index in [4.69, 9.17) is 5.84 Å². The number of hydrazine groups is 1. The minimum Gasteiger partial charge on any atom is -0.360 e. The Morgan fingerprint density at radius 3 is 2.74 bits per heavy atom. The molecule has 162 valence electrons. The summed E-state index contributed by atoms with van der Waals surface area (Å²) in [5, 5.41) is 8.36. The zero-order valence-electron chi connectivity index (χ0n) is 16.7. The molecule has 0 saturated heterocycles. The summed E-state index contributed by atoms with van der Waals surface area (Å²) in [7, 11) is 1.62. The molecule has 4 aromatic rings. The molecule has 0 aromatic carbocycles. The second kappa shape index (κ2) is 7.87. The predicted molar refractivity (Wildman–Crippen MR) is 109 cm³/mol. The van der Waals surface area contributed by atoms with Crippen LogP contribution in [0.3, 0.4) is 0 Å². The van der Waals surface area contributed by atoms with Crippen molar-refractivity contribution in [1.82, 2.24) is 29.1 Å². The average Bonchev–Trinajstić information content (AvgIpc) is 3.35. The van der Waals surface area contributed by atoms with Gasteiger partial charge in [0.2, 0.25) is 0 Å². The van der Waals surface area contributed by atoms with Gasteiger partial charge in [-0.05, 0) is 18.6 Å². The predicted octanol–water partition coefficient (Wildman–Crippen LogP) is 3.03. The Morgan fingerprint density at radius 2 is 2.00 bits per heavy atom. The van der Waals surface area contributed by atoms with Crippen molar-refractivity contribution in [2.24, 2.45) is 5.84 Å². The number of hydrogen-bond acceptors (Lipinski definition) is 7. The molecule has 0 amide bonds. The second-order valence-electron chi connectivity index (χ2n) is 7.10. The van der Waals surface area contributed by atoms with E-state index in [-0.39, 0.29) is 6.04 Å². The van der Waals surface area contributed by atoms with Gasteiger partial charge in [0.1, 0.15) is 12.2 Å². The number of nitrogens with two attached hydrogens (primary N) is 1. The maximum atomic E-state index is 12.6. The quantitative estimate of drug-likeness (QED) is 0.357. The van der Waals surface area contributed by atoms with Crippen molar-refractivity contribution >= 4 is 17.3 Å². The van der Waals surface area contributed by atoms with E-state index < -0.39 is 12.7 Å². The number of pyridine rings is 1. The molecule has 0 spiro atoms. The molecule has 0 bridgehead atoms. The van der Waals surface area contributed by atoms with Crippen LogP contribution in [0.15, 0.2) is 49.3 Å². The van der Waals surface area contributed by atoms with Crippen LogP contribution in [0, 0.1) is 0 Å². The molecule has 4 heterocycles. The van der Waals surface area contributed by atoms with E-state index in [0.717, 1.165) is 15.9 Å². The number of nitrogens with zero attached hydrogens (tertiary/aromatic N) is 7. The molecular formula is C19H20F3N9. The Balaban J connectivity index is 1.63. The molecule has 0 aliphatic rings. The lowest BCUT2D eigenvalue weighted by Gasteiger charge is -2.20. The van der Waals surface area contributed by atoms with E-state index in [1.807, 2.05) is 35.9 Å². The van der Waals surface area contributed by atoms with E-state index in [0.29, 0.717) is 22.9 Å². The average molecular weight is 431 g/mol. The van der Waals surface area contributed by atoms with Crippen LogP contribution in [-0.2, 0) is 6.54 Å². The summed E-state index contributed by atoms with van der Waals surface area (Å²) in [5.74, 6) is 6.67. The zero-order valence-corrected chi connectivity index (χ0v) is 16.7. The lowest BCUT2D eigenvalue weighted by Crippen LogP contribution is -2.28. The summed E-state index contributed by atoms with van der Waals surface area (Å²) in [6.07, 6.45) is 5.20. The van der Waals surface area contributed by atoms with Crippen LogP contribution in [0.4, 0.5) is 24.8 Å². The number of halogens is 3. The summed E-state index contributed by atoms with van der Waals surface area (Å²) in [6, 6.07) is 3.69. The smallest absolute Gasteiger partial charge is 0.360 e. The number of imidazole rings is 1. The minimum absolute atomic E-state index is 0.164. The van der Waals surface area contributed by atoms with E-state index in [9.17, 15) is 13.2 Å². The summed E-state index contributed by atoms with van der Waals surface area (Å²) in [6.45, 7) is 0.775. The van der Waals surface area contributed by atoms with Crippen LogP contribution < -0.4 is 16.2 Å². The van der Waals surface area contributed by atoms with Gasteiger partial charge in [0.05, 0.1) is 24.1 Å². The van der Waals surface area contributed by atoms with Gasteiger partial charge < -0.3 is 9.72 Å². The Bertz CT molecular complexity index is 1200. The fraction of sp³-hybridized carbons (Fsp3) is 0.263. The lowest BCUT2D eigenvalue weighted by molar-refractivity contribution is -0.142. The largest absolute Gasteiger partial charge is 0.408 e. The van der Waals surface area contributed by atoms with Crippen molar-refractivity contribution in [3.05, 3.63) is 54.9 Å². The third-order valence-electron chi connectivity index (χ3n) is 4.62. The first-order valence-corrected chi connectivity index (χ1v) is 9.34. The van der Waals surface area contributed by atoms with Crippen molar-refractivity contribution in [2.45, 2.75) is 25.7 Å². The molecule has 0 radical (unpaired) electrons. The number of rotatable bonds is 6. The number of alkyl halides is 3. The topological polar surface area (TPSA) is 102 Å². The number of aromatic nitrogens is 6. The Kier molecular flexibility index (Phi) is 5.23. The van der Waals surface area contributed by atoms with Crippen molar-refractivity contribution in [3.8, 4) is 11.3 Å². The fourth-order valence-corrected chi connectivity index (χ4v) is 3.12.